The van der Waals surface area contributed by atoms with Gasteiger partial charge in [-0.05, 0) is 19.8 Å². The van der Waals surface area contributed by atoms with Gasteiger partial charge in [0.25, 0.3) is 0 Å². The molecule has 0 radical (unpaired) electrons. The first-order chi connectivity index (χ1) is 8.63. The Balaban J connectivity index is 1.76. The molecule has 3 atom stereocenters. The van der Waals surface area contributed by atoms with Gasteiger partial charge < -0.3 is 21.1 Å². The van der Waals surface area contributed by atoms with Crippen molar-refractivity contribution in [2.75, 3.05) is 13.2 Å². The predicted octanol–water partition coefficient (Wildman–Crippen LogP) is -1.15. The second kappa shape index (κ2) is 6.01. The maximum Gasteiger partial charge on any atom is 0.224 e. The summed E-state index contributed by atoms with van der Waals surface area (Å²) in [5.74, 6) is 0.322. The molecular formula is C11H21N5O2. The Hall–Kier alpha value is -1.34. The normalized spacial score (nSPS) is 33.3. The first kappa shape index (κ1) is 13.1. The number of rotatable bonds is 3. The largest absolute Gasteiger partial charge is 0.376 e. The number of hydrogen-bond acceptors (Lipinski definition) is 4. The van der Waals surface area contributed by atoms with Crippen LogP contribution in [0.25, 0.3) is 0 Å². The van der Waals surface area contributed by atoms with E-state index in [1.54, 1.807) is 0 Å². The third kappa shape index (κ3) is 3.85. The van der Waals surface area contributed by atoms with Crippen LogP contribution in [0.1, 0.15) is 26.2 Å². The van der Waals surface area contributed by atoms with E-state index in [1.165, 1.54) is 0 Å². The lowest BCUT2D eigenvalue weighted by molar-refractivity contribution is -0.124. The van der Waals surface area contributed by atoms with Crippen molar-refractivity contribution in [1.29, 1.82) is 0 Å². The summed E-state index contributed by atoms with van der Waals surface area (Å²) in [7, 11) is 0. The Morgan fingerprint density at radius 1 is 1.67 bits per heavy atom. The number of carbonyl (C=O) groups excluding carboxylic acids is 1. The van der Waals surface area contributed by atoms with Crippen LogP contribution < -0.4 is 21.7 Å². The SMILES string of the molecule is CC1CC(=O)NC(NC(N)=NCC2CCCO2)N1. The van der Waals surface area contributed by atoms with Crippen LogP contribution in [0.5, 0.6) is 0 Å². The van der Waals surface area contributed by atoms with Crippen LogP contribution in [0.3, 0.4) is 0 Å². The highest BCUT2D eigenvalue weighted by atomic mass is 16.5. The molecule has 2 rings (SSSR count). The van der Waals surface area contributed by atoms with Crippen molar-refractivity contribution < 1.29 is 9.53 Å². The molecule has 3 unspecified atom stereocenters. The van der Waals surface area contributed by atoms with E-state index in [2.05, 4.69) is 20.9 Å². The van der Waals surface area contributed by atoms with Gasteiger partial charge in [0.05, 0.1) is 12.6 Å². The molecule has 0 aromatic carbocycles. The van der Waals surface area contributed by atoms with Gasteiger partial charge in [0, 0.05) is 19.1 Å². The van der Waals surface area contributed by atoms with Crippen molar-refractivity contribution in [3.63, 3.8) is 0 Å². The second-order valence-electron chi connectivity index (χ2n) is 4.78. The number of hydrogen-bond donors (Lipinski definition) is 4. The van der Waals surface area contributed by atoms with E-state index in [0.29, 0.717) is 18.9 Å². The minimum Gasteiger partial charge on any atom is -0.376 e. The average molecular weight is 255 g/mol. The zero-order chi connectivity index (χ0) is 13.0. The molecule has 1 amide bonds. The lowest BCUT2D eigenvalue weighted by Gasteiger charge is -2.30. The van der Waals surface area contributed by atoms with Crippen LogP contribution in [0.4, 0.5) is 0 Å². The number of nitrogens with two attached hydrogens (primary N) is 1. The molecule has 0 saturated carbocycles. The highest BCUT2D eigenvalue weighted by Crippen LogP contribution is 2.11. The topological polar surface area (TPSA) is 101 Å². The summed E-state index contributed by atoms with van der Waals surface area (Å²) in [4.78, 5) is 15.6. The van der Waals surface area contributed by atoms with E-state index in [4.69, 9.17) is 10.5 Å². The summed E-state index contributed by atoms with van der Waals surface area (Å²) in [6, 6.07) is 0.127. The van der Waals surface area contributed by atoms with E-state index in [9.17, 15) is 4.79 Å². The molecule has 2 fully saturated rings. The maximum atomic E-state index is 11.3. The molecule has 18 heavy (non-hydrogen) atoms. The van der Waals surface area contributed by atoms with Gasteiger partial charge in [0.15, 0.2) is 12.2 Å². The number of nitrogens with zero attached hydrogens (tertiary/aromatic N) is 1. The molecule has 102 valence electrons. The molecule has 2 aliphatic heterocycles. The van der Waals surface area contributed by atoms with Gasteiger partial charge in [-0.25, -0.2) is 0 Å². The number of amides is 1. The Labute approximate surface area is 107 Å². The van der Waals surface area contributed by atoms with Gasteiger partial charge in [-0.3, -0.25) is 15.1 Å². The summed E-state index contributed by atoms with van der Waals surface area (Å²) in [5, 5.41) is 8.86. The minimum absolute atomic E-state index is 0.00526. The van der Waals surface area contributed by atoms with Crippen molar-refractivity contribution in [3.05, 3.63) is 0 Å². The van der Waals surface area contributed by atoms with E-state index in [1.807, 2.05) is 6.92 Å². The fourth-order valence-electron chi connectivity index (χ4n) is 2.14. The van der Waals surface area contributed by atoms with Crippen LogP contribution >= 0.6 is 0 Å². The number of carbonyl (C=O) groups is 1. The monoisotopic (exact) mass is 255 g/mol. The van der Waals surface area contributed by atoms with Crippen molar-refractivity contribution in [3.8, 4) is 0 Å². The smallest absolute Gasteiger partial charge is 0.224 e. The third-order valence-corrected chi connectivity index (χ3v) is 3.03. The summed E-state index contributed by atoms with van der Waals surface area (Å²) in [5.41, 5.74) is 5.77. The Morgan fingerprint density at radius 3 is 3.17 bits per heavy atom. The second-order valence-corrected chi connectivity index (χ2v) is 4.78. The van der Waals surface area contributed by atoms with Gasteiger partial charge in [0.2, 0.25) is 5.91 Å². The summed E-state index contributed by atoms with van der Waals surface area (Å²) in [6.07, 6.45) is 2.43. The van der Waals surface area contributed by atoms with Gasteiger partial charge in [-0.2, -0.15) is 0 Å². The Bertz CT molecular complexity index is 327. The zero-order valence-corrected chi connectivity index (χ0v) is 10.6. The molecule has 2 saturated heterocycles. The van der Waals surface area contributed by atoms with Crippen LogP contribution in [0, 0.1) is 0 Å². The highest BCUT2D eigenvalue weighted by Gasteiger charge is 2.22. The molecule has 0 aliphatic carbocycles. The quantitative estimate of drug-likeness (QED) is 0.377. The molecule has 7 heteroatoms. The standard InChI is InChI=1S/C11H21N5O2/c1-7-5-9(17)15-11(14-7)16-10(12)13-6-8-3-2-4-18-8/h7-8,11,14H,2-6H2,1H3,(H,15,17)(H3,12,13,16). The zero-order valence-electron chi connectivity index (χ0n) is 10.6. The van der Waals surface area contributed by atoms with Crippen LogP contribution in [0.15, 0.2) is 4.99 Å². The summed E-state index contributed by atoms with van der Waals surface area (Å²) in [6.45, 7) is 3.33. The molecular weight excluding hydrogens is 234 g/mol. The van der Waals surface area contributed by atoms with Crippen molar-refractivity contribution in [2.24, 2.45) is 10.7 Å². The third-order valence-electron chi connectivity index (χ3n) is 3.03. The Kier molecular flexibility index (Phi) is 4.38. The Morgan fingerprint density at radius 2 is 2.50 bits per heavy atom. The molecule has 0 aromatic rings. The molecule has 2 heterocycles. The molecule has 5 N–H and O–H groups in total. The van der Waals surface area contributed by atoms with Crippen LogP contribution in [-0.2, 0) is 9.53 Å². The van der Waals surface area contributed by atoms with E-state index >= 15 is 0 Å². The van der Waals surface area contributed by atoms with Gasteiger partial charge in [-0.15, -0.1) is 0 Å². The molecule has 0 aromatic heterocycles. The van der Waals surface area contributed by atoms with E-state index in [-0.39, 0.29) is 24.3 Å². The van der Waals surface area contributed by atoms with Crippen molar-refractivity contribution in [2.45, 2.75) is 44.6 Å². The average Bonchev–Trinajstić information content (AvgIpc) is 2.77. The first-order valence-electron chi connectivity index (χ1n) is 6.37. The van der Waals surface area contributed by atoms with Gasteiger partial charge in [-0.1, -0.05) is 0 Å². The number of aliphatic imine (C=N–C) groups is 1. The van der Waals surface area contributed by atoms with Gasteiger partial charge in [0.1, 0.15) is 0 Å². The number of guanidine groups is 1. The van der Waals surface area contributed by atoms with Crippen LogP contribution in [-0.4, -0.2) is 43.5 Å². The van der Waals surface area contributed by atoms with Crippen LogP contribution in [0.2, 0.25) is 0 Å². The number of nitrogens with one attached hydrogen (secondary N) is 3. The summed E-state index contributed by atoms with van der Waals surface area (Å²) < 4.78 is 5.45. The van der Waals surface area contributed by atoms with E-state index < -0.39 is 0 Å². The maximum absolute atomic E-state index is 11.3. The molecule has 7 nitrogen and oxygen atoms in total. The number of ether oxygens (including phenoxy) is 1. The van der Waals surface area contributed by atoms with E-state index in [0.717, 1.165) is 19.4 Å². The van der Waals surface area contributed by atoms with Gasteiger partial charge >= 0.3 is 0 Å². The summed E-state index contributed by atoms with van der Waals surface area (Å²) >= 11 is 0. The minimum atomic E-state index is -0.352. The molecule has 0 bridgehead atoms. The lowest BCUT2D eigenvalue weighted by atomic mass is 10.2. The fourth-order valence-corrected chi connectivity index (χ4v) is 2.14. The lowest BCUT2D eigenvalue weighted by Crippen LogP contribution is -2.64. The first-order valence-corrected chi connectivity index (χ1v) is 6.37. The fraction of sp³-hybridized carbons (Fsp3) is 0.818. The van der Waals surface area contributed by atoms with Crippen molar-refractivity contribution in [1.82, 2.24) is 16.0 Å². The molecule has 2 aliphatic rings. The van der Waals surface area contributed by atoms with Crippen molar-refractivity contribution >= 4 is 11.9 Å². The predicted molar refractivity (Wildman–Crippen MR) is 67.7 cm³/mol. The molecule has 0 spiro atoms. The highest BCUT2D eigenvalue weighted by molar-refractivity contribution is 5.81.